The molecule has 4 aliphatic rings. The lowest BCUT2D eigenvalue weighted by molar-refractivity contribution is -0.136. The molecule has 0 bridgehead atoms. The van der Waals surface area contributed by atoms with Gasteiger partial charge in [-0.1, -0.05) is 12.1 Å². The summed E-state index contributed by atoms with van der Waals surface area (Å²) in [6, 6.07) is 7.49. The molecule has 0 radical (unpaired) electrons. The molecule has 2 saturated heterocycles. The van der Waals surface area contributed by atoms with Crippen LogP contribution in [-0.2, 0) is 22.6 Å². The van der Waals surface area contributed by atoms with Gasteiger partial charge in [-0.05, 0) is 30.2 Å². The van der Waals surface area contributed by atoms with Gasteiger partial charge in [0.1, 0.15) is 17.6 Å². The van der Waals surface area contributed by atoms with Gasteiger partial charge in [0.15, 0.2) is 0 Å². The minimum Gasteiger partial charge on any atom is -0.492 e. The summed E-state index contributed by atoms with van der Waals surface area (Å²) in [4.78, 5) is 55.4. The molecule has 0 aliphatic carbocycles. The van der Waals surface area contributed by atoms with E-state index in [1.165, 1.54) is 17.0 Å². The summed E-state index contributed by atoms with van der Waals surface area (Å²) in [6.45, 7) is 2.58. The summed E-state index contributed by atoms with van der Waals surface area (Å²) in [5, 5.41) is 2.28. The number of piperazine rings is 1. The first-order chi connectivity index (χ1) is 17.4. The van der Waals surface area contributed by atoms with Crippen molar-refractivity contribution >= 4 is 29.3 Å². The number of para-hydroxylation sites is 1. The maximum Gasteiger partial charge on any atom is 0.257 e. The molecular formula is C26H25FN4O5. The zero-order valence-electron chi connectivity index (χ0n) is 19.6. The molecule has 36 heavy (non-hydrogen) atoms. The average molecular weight is 493 g/mol. The second kappa shape index (κ2) is 8.61. The van der Waals surface area contributed by atoms with E-state index in [-0.39, 0.29) is 36.8 Å². The van der Waals surface area contributed by atoms with Crippen LogP contribution in [0, 0.1) is 5.82 Å². The third-order valence-electron chi connectivity index (χ3n) is 7.45. The predicted octanol–water partition coefficient (Wildman–Crippen LogP) is 1.48. The molecule has 2 aromatic rings. The number of anilines is 1. The number of fused-ring (bicyclic) bond motifs is 2. The second-order valence-electron chi connectivity index (χ2n) is 9.52. The topological polar surface area (TPSA) is 99.3 Å². The Labute approximate surface area is 206 Å². The molecule has 1 N–H and O–H groups in total. The van der Waals surface area contributed by atoms with Gasteiger partial charge in [-0.25, -0.2) is 4.39 Å². The summed E-state index contributed by atoms with van der Waals surface area (Å²) in [6.07, 6.45) is 1.20. The lowest BCUT2D eigenvalue weighted by atomic mass is 10.0. The molecule has 1 atom stereocenters. The number of nitrogens with zero attached hydrogens (tertiary/aromatic N) is 3. The highest BCUT2D eigenvalue weighted by molar-refractivity contribution is 6.06. The molecular weight excluding hydrogens is 467 g/mol. The smallest absolute Gasteiger partial charge is 0.257 e. The first-order valence-corrected chi connectivity index (χ1v) is 12.2. The van der Waals surface area contributed by atoms with E-state index >= 15 is 0 Å². The Morgan fingerprint density at radius 2 is 1.86 bits per heavy atom. The summed E-state index contributed by atoms with van der Waals surface area (Å²) in [5.74, 6) is -1.22. The predicted molar refractivity (Wildman–Crippen MR) is 126 cm³/mol. The summed E-state index contributed by atoms with van der Waals surface area (Å²) in [5.41, 5.74) is 3.12. The van der Waals surface area contributed by atoms with Gasteiger partial charge in [-0.2, -0.15) is 0 Å². The van der Waals surface area contributed by atoms with Gasteiger partial charge in [0.2, 0.25) is 11.8 Å². The van der Waals surface area contributed by atoms with Crippen LogP contribution in [0.3, 0.4) is 0 Å². The zero-order chi connectivity index (χ0) is 25.0. The fourth-order valence-electron chi connectivity index (χ4n) is 5.59. The monoisotopic (exact) mass is 492 g/mol. The molecule has 0 saturated carbocycles. The maximum absolute atomic E-state index is 14.6. The second-order valence-corrected chi connectivity index (χ2v) is 9.52. The van der Waals surface area contributed by atoms with Crippen molar-refractivity contribution in [3.8, 4) is 5.75 Å². The van der Waals surface area contributed by atoms with Crippen molar-refractivity contribution in [2.45, 2.75) is 31.8 Å². The van der Waals surface area contributed by atoms with Crippen molar-refractivity contribution in [3.05, 3.63) is 58.4 Å². The summed E-state index contributed by atoms with van der Waals surface area (Å²) < 4.78 is 20.3. The third kappa shape index (κ3) is 3.68. The van der Waals surface area contributed by atoms with Crippen molar-refractivity contribution in [2.75, 3.05) is 37.7 Å². The highest BCUT2D eigenvalue weighted by Gasteiger charge is 2.41. The van der Waals surface area contributed by atoms with Crippen molar-refractivity contribution in [2.24, 2.45) is 0 Å². The van der Waals surface area contributed by atoms with Gasteiger partial charge in [0, 0.05) is 62.4 Å². The number of nitrogens with one attached hydrogen (secondary N) is 1. The molecule has 186 valence electrons. The Kier molecular flexibility index (Phi) is 5.39. The number of hydrogen-bond acceptors (Lipinski definition) is 6. The van der Waals surface area contributed by atoms with Crippen LogP contribution in [0.15, 0.2) is 30.3 Å². The number of imide groups is 1. The normalized spacial score (nSPS) is 21.3. The van der Waals surface area contributed by atoms with Gasteiger partial charge >= 0.3 is 0 Å². The lowest BCUT2D eigenvalue weighted by Gasteiger charge is -2.37. The molecule has 2 aromatic carbocycles. The Balaban J connectivity index is 1.20. The van der Waals surface area contributed by atoms with Gasteiger partial charge in [-0.3, -0.25) is 24.5 Å². The van der Waals surface area contributed by atoms with Crippen molar-refractivity contribution < 1.29 is 28.3 Å². The lowest BCUT2D eigenvalue weighted by Crippen LogP contribution is -2.52. The minimum absolute atomic E-state index is 0.0860. The van der Waals surface area contributed by atoms with E-state index in [1.807, 2.05) is 17.0 Å². The van der Waals surface area contributed by atoms with Gasteiger partial charge in [0.25, 0.3) is 11.8 Å². The first-order valence-electron chi connectivity index (χ1n) is 12.2. The minimum atomic E-state index is -0.761. The number of ether oxygens (including phenoxy) is 1. The molecule has 2 fully saturated rings. The quantitative estimate of drug-likeness (QED) is 0.652. The van der Waals surface area contributed by atoms with E-state index in [4.69, 9.17) is 4.74 Å². The number of carbonyl (C=O) groups excluding carboxylic acids is 4. The highest BCUT2D eigenvalue weighted by Crippen LogP contribution is 2.36. The van der Waals surface area contributed by atoms with E-state index in [2.05, 4.69) is 5.32 Å². The molecule has 4 heterocycles. The molecule has 1 unspecified atom stereocenters. The van der Waals surface area contributed by atoms with Crippen LogP contribution in [0.4, 0.5) is 10.1 Å². The molecule has 4 aliphatic heterocycles. The van der Waals surface area contributed by atoms with Crippen LogP contribution in [0.5, 0.6) is 5.75 Å². The van der Waals surface area contributed by atoms with Gasteiger partial charge in [-0.15, -0.1) is 0 Å². The van der Waals surface area contributed by atoms with Gasteiger partial charge < -0.3 is 19.4 Å². The van der Waals surface area contributed by atoms with Gasteiger partial charge in [0.05, 0.1) is 12.2 Å². The van der Waals surface area contributed by atoms with E-state index in [1.54, 1.807) is 11.0 Å². The number of carbonyl (C=O) groups is 4. The number of rotatable bonds is 3. The van der Waals surface area contributed by atoms with Crippen molar-refractivity contribution in [3.63, 3.8) is 0 Å². The average Bonchev–Trinajstić information content (AvgIpc) is 3.48. The molecule has 9 nitrogen and oxygen atoms in total. The third-order valence-corrected chi connectivity index (χ3v) is 7.45. The summed E-state index contributed by atoms with van der Waals surface area (Å²) >= 11 is 0. The van der Waals surface area contributed by atoms with E-state index in [9.17, 15) is 23.6 Å². The number of benzene rings is 2. The fraction of sp³-hybridized carbons (Fsp3) is 0.385. The summed E-state index contributed by atoms with van der Waals surface area (Å²) in [7, 11) is 0. The number of halogens is 1. The molecule has 0 aromatic heterocycles. The van der Waals surface area contributed by atoms with Crippen LogP contribution < -0.4 is 15.0 Å². The number of amides is 4. The highest BCUT2D eigenvalue weighted by atomic mass is 19.1. The molecule has 0 spiro atoms. The van der Waals surface area contributed by atoms with Crippen LogP contribution in [0.2, 0.25) is 0 Å². The molecule has 10 heteroatoms. The Morgan fingerprint density at radius 3 is 2.64 bits per heavy atom. The van der Waals surface area contributed by atoms with E-state index < -0.39 is 23.7 Å². The first kappa shape index (κ1) is 22.5. The Bertz CT molecular complexity index is 1300. The number of hydrogen-bond donors (Lipinski definition) is 1. The van der Waals surface area contributed by atoms with Crippen LogP contribution in [-0.4, -0.2) is 72.3 Å². The maximum atomic E-state index is 14.6. The molecule has 6 rings (SSSR count). The Hall–Kier alpha value is -3.95. The zero-order valence-corrected chi connectivity index (χ0v) is 19.6. The SMILES string of the molecule is O=C1CCC(N2Cc3c(cc(F)cc3N3CCN(C(=O)c4cccc5c4OCC5)CC3)C2=O)C(=O)N1. The van der Waals surface area contributed by atoms with E-state index in [0.717, 1.165) is 12.0 Å². The van der Waals surface area contributed by atoms with Crippen LogP contribution >= 0.6 is 0 Å². The largest absolute Gasteiger partial charge is 0.492 e. The van der Waals surface area contributed by atoms with Crippen LogP contribution in [0.25, 0.3) is 0 Å². The number of piperidine rings is 1. The van der Waals surface area contributed by atoms with E-state index in [0.29, 0.717) is 55.3 Å². The fourth-order valence-corrected chi connectivity index (χ4v) is 5.59. The van der Waals surface area contributed by atoms with Crippen molar-refractivity contribution in [1.82, 2.24) is 15.1 Å². The molecule has 4 amide bonds. The van der Waals surface area contributed by atoms with Crippen LogP contribution in [0.1, 0.15) is 44.7 Å². The van der Waals surface area contributed by atoms with Crippen molar-refractivity contribution in [1.29, 1.82) is 0 Å². The Morgan fingerprint density at radius 1 is 1.06 bits per heavy atom. The standard InChI is InChI=1S/C26H25FN4O5/c27-16-12-18-19(14-31(26(18)35)20-4-5-22(32)28-24(20)33)21(13-16)29-7-9-30(10-8-29)25(34)17-3-1-2-15-6-11-36-23(15)17/h1-3,12-13,20H,4-11,14H2,(H,28,32,33).